The molecule has 2 aromatic heterocycles. The lowest BCUT2D eigenvalue weighted by molar-refractivity contribution is 0.383. The zero-order chi connectivity index (χ0) is 20.6. The highest BCUT2D eigenvalue weighted by Gasteiger charge is 2.31. The Kier molecular flexibility index (Phi) is 5.48. The molecule has 0 bridgehead atoms. The van der Waals surface area contributed by atoms with Gasteiger partial charge in [-0.05, 0) is 31.2 Å². The van der Waals surface area contributed by atoms with Gasteiger partial charge in [-0.3, -0.25) is 0 Å². The number of piperazine rings is 1. The number of benzene rings is 1. The summed E-state index contributed by atoms with van der Waals surface area (Å²) in [6.45, 7) is 3.42. The summed E-state index contributed by atoms with van der Waals surface area (Å²) in [6, 6.07) is 8.11. The molecule has 1 aliphatic heterocycles. The van der Waals surface area contributed by atoms with Crippen molar-refractivity contribution in [3.8, 4) is 5.82 Å². The second-order valence-electron chi connectivity index (χ2n) is 6.55. The van der Waals surface area contributed by atoms with Crippen molar-refractivity contribution < 1.29 is 8.42 Å². The molecule has 4 rings (SSSR count). The summed E-state index contributed by atoms with van der Waals surface area (Å²) >= 11 is 12.1. The van der Waals surface area contributed by atoms with E-state index < -0.39 is 10.0 Å². The van der Waals surface area contributed by atoms with Gasteiger partial charge in [-0.15, -0.1) is 0 Å². The van der Waals surface area contributed by atoms with Gasteiger partial charge in [-0.25, -0.2) is 23.1 Å². The van der Waals surface area contributed by atoms with E-state index in [2.05, 4.69) is 15.1 Å². The maximum absolute atomic E-state index is 13.0. The largest absolute Gasteiger partial charge is 0.354 e. The summed E-state index contributed by atoms with van der Waals surface area (Å²) in [4.78, 5) is 11.0. The van der Waals surface area contributed by atoms with Crippen LogP contribution >= 0.6 is 23.2 Å². The van der Waals surface area contributed by atoms with Crippen molar-refractivity contribution in [1.29, 1.82) is 0 Å². The standard InChI is InChI=1S/C18H18Cl2N6O2S/c1-13-22-17(12-18(23-13)26-6-2-5-21-26)24-7-9-25(10-8-24)29(27,28)16-11-14(19)3-4-15(16)20/h2-6,11-12H,7-10H2,1H3. The van der Waals surface area contributed by atoms with Crippen LogP contribution in [0, 0.1) is 6.92 Å². The molecule has 29 heavy (non-hydrogen) atoms. The molecule has 0 N–H and O–H groups in total. The molecule has 0 radical (unpaired) electrons. The van der Waals surface area contributed by atoms with Crippen LogP contribution in [-0.2, 0) is 10.0 Å². The van der Waals surface area contributed by atoms with E-state index in [4.69, 9.17) is 23.2 Å². The Hall–Kier alpha value is -2.20. The van der Waals surface area contributed by atoms with E-state index in [0.29, 0.717) is 42.8 Å². The van der Waals surface area contributed by atoms with Gasteiger partial charge < -0.3 is 4.90 Å². The van der Waals surface area contributed by atoms with Crippen LogP contribution in [0.25, 0.3) is 5.82 Å². The summed E-state index contributed by atoms with van der Waals surface area (Å²) < 4.78 is 29.1. The fourth-order valence-electron chi connectivity index (χ4n) is 3.19. The van der Waals surface area contributed by atoms with Gasteiger partial charge in [-0.1, -0.05) is 23.2 Å². The monoisotopic (exact) mass is 452 g/mol. The van der Waals surface area contributed by atoms with Crippen LogP contribution in [0.5, 0.6) is 0 Å². The molecule has 1 fully saturated rings. The van der Waals surface area contributed by atoms with Gasteiger partial charge in [0.25, 0.3) is 0 Å². The van der Waals surface area contributed by atoms with Crippen molar-refractivity contribution in [1.82, 2.24) is 24.1 Å². The topological polar surface area (TPSA) is 84.2 Å². The van der Waals surface area contributed by atoms with Crippen LogP contribution < -0.4 is 4.90 Å². The Balaban J connectivity index is 1.53. The highest BCUT2D eigenvalue weighted by Crippen LogP contribution is 2.29. The lowest BCUT2D eigenvalue weighted by Crippen LogP contribution is -2.49. The van der Waals surface area contributed by atoms with Crippen molar-refractivity contribution in [3.63, 3.8) is 0 Å². The van der Waals surface area contributed by atoms with E-state index in [-0.39, 0.29) is 9.92 Å². The first-order valence-electron chi connectivity index (χ1n) is 8.90. The molecule has 0 spiro atoms. The molecular weight excluding hydrogens is 435 g/mol. The molecule has 0 amide bonds. The molecule has 152 valence electrons. The van der Waals surface area contributed by atoms with Crippen molar-refractivity contribution in [3.05, 3.63) is 58.6 Å². The third-order valence-electron chi connectivity index (χ3n) is 4.62. The van der Waals surface area contributed by atoms with Gasteiger partial charge in [0.15, 0.2) is 5.82 Å². The van der Waals surface area contributed by atoms with Crippen LogP contribution in [-0.4, -0.2) is 58.7 Å². The van der Waals surface area contributed by atoms with Crippen molar-refractivity contribution in [2.45, 2.75) is 11.8 Å². The Bertz CT molecular complexity index is 1130. The van der Waals surface area contributed by atoms with Gasteiger partial charge in [0.05, 0.1) is 5.02 Å². The van der Waals surface area contributed by atoms with Gasteiger partial charge in [-0.2, -0.15) is 9.40 Å². The predicted octanol–water partition coefficient (Wildman–Crippen LogP) is 2.79. The molecule has 1 aromatic carbocycles. The third kappa shape index (κ3) is 4.09. The fraction of sp³-hybridized carbons (Fsp3) is 0.278. The minimum atomic E-state index is -3.73. The molecule has 3 heterocycles. The Labute approximate surface area is 178 Å². The first kappa shape index (κ1) is 20.1. The summed E-state index contributed by atoms with van der Waals surface area (Å²) in [7, 11) is -3.73. The molecule has 11 heteroatoms. The molecule has 0 aliphatic carbocycles. The number of halogens is 2. The van der Waals surface area contributed by atoms with Crippen molar-refractivity contribution in [2.24, 2.45) is 0 Å². The SMILES string of the molecule is Cc1nc(N2CCN(S(=O)(=O)c3cc(Cl)ccc3Cl)CC2)cc(-n2cccn2)n1. The van der Waals surface area contributed by atoms with E-state index in [1.54, 1.807) is 16.9 Å². The molecule has 0 atom stereocenters. The average Bonchev–Trinajstić information content (AvgIpc) is 3.24. The number of nitrogens with zero attached hydrogens (tertiary/aromatic N) is 6. The summed E-state index contributed by atoms with van der Waals surface area (Å²) in [5.74, 6) is 2.02. The number of sulfonamides is 1. The maximum atomic E-state index is 13.0. The molecule has 0 saturated carbocycles. The predicted molar refractivity (Wildman–Crippen MR) is 111 cm³/mol. The minimum absolute atomic E-state index is 0.0268. The van der Waals surface area contributed by atoms with Crippen LogP contribution in [0.1, 0.15) is 5.82 Å². The molecule has 8 nitrogen and oxygen atoms in total. The minimum Gasteiger partial charge on any atom is -0.354 e. The fourth-order valence-corrected chi connectivity index (χ4v) is 5.35. The molecule has 1 aliphatic rings. The molecule has 3 aromatic rings. The van der Waals surface area contributed by atoms with E-state index in [1.807, 2.05) is 30.2 Å². The normalized spacial score (nSPS) is 15.6. The number of hydrogen-bond acceptors (Lipinski definition) is 6. The highest BCUT2D eigenvalue weighted by atomic mass is 35.5. The first-order chi connectivity index (χ1) is 13.8. The first-order valence-corrected chi connectivity index (χ1v) is 11.1. The Morgan fingerprint density at radius 2 is 1.72 bits per heavy atom. The van der Waals surface area contributed by atoms with Crippen LogP contribution in [0.3, 0.4) is 0 Å². The van der Waals surface area contributed by atoms with Gasteiger partial charge in [0.2, 0.25) is 10.0 Å². The second-order valence-corrected chi connectivity index (χ2v) is 9.30. The highest BCUT2D eigenvalue weighted by molar-refractivity contribution is 7.89. The van der Waals surface area contributed by atoms with E-state index in [0.717, 1.165) is 5.82 Å². The lowest BCUT2D eigenvalue weighted by Gasteiger charge is -2.35. The average molecular weight is 453 g/mol. The van der Waals surface area contributed by atoms with Crippen molar-refractivity contribution in [2.75, 3.05) is 31.1 Å². The Morgan fingerprint density at radius 1 is 1.00 bits per heavy atom. The van der Waals surface area contributed by atoms with Crippen LogP contribution in [0.15, 0.2) is 47.6 Å². The Morgan fingerprint density at radius 3 is 2.41 bits per heavy atom. The smallest absolute Gasteiger partial charge is 0.244 e. The second kappa shape index (κ2) is 7.91. The molecule has 0 unspecified atom stereocenters. The number of anilines is 1. The zero-order valence-electron chi connectivity index (χ0n) is 15.5. The number of rotatable bonds is 4. The summed E-state index contributed by atoms with van der Waals surface area (Å²) in [5, 5.41) is 4.69. The van der Waals surface area contributed by atoms with E-state index >= 15 is 0 Å². The number of aromatic nitrogens is 4. The maximum Gasteiger partial charge on any atom is 0.244 e. The van der Waals surface area contributed by atoms with E-state index in [1.165, 1.54) is 16.4 Å². The molecular formula is C18H18Cl2N6O2S. The third-order valence-corrected chi connectivity index (χ3v) is 7.24. The summed E-state index contributed by atoms with van der Waals surface area (Å²) in [6.07, 6.45) is 3.49. The lowest BCUT2D eigenvalue weighted by atomic mass is 10.3. The number of aryl methyl sites for hydroxylation is 1. The van der Waals surface area contributed by atoms with Crippen molar-refractivity contribution >= 4 is 39.0 Å². The zero-order valence-corrected chi connectivity index (χ0v) is 17.9. The van der Waals surface area contributed by atoms with Gasteiger partial charge >= 0.3 is 0 Å². The summed E-state index contributed by atoms with van der Waals surface area (Å²) in [5.41, 5.74) is 0. The van der Waals surface area contributed by atoms with Gasteiger partial charge in [0.1, 0.15) is 16.5 Å². The number of hydrogen-bond donors (Lipinski definition) is 0. The van der Waals surface area contributed by atoms with Gasteiger partial charge in [0, 0.05) is 49.7 Å². The quantitative estimate of drug-likeness (QED) is 0.604. The van der Waals surface area contributed by atoms with Crippen LogP contribution in [0.2, 0.25) is 10.0 Å². The molecule has 1 saturated heterocycles. The van der Waals surface area contributed by atoms with Crippen LogP contribution in [0.4, 0.5) is 5.82 Å². The van der Waals surface area contributed by atoms with E-state index in [9.17, 15) is 8.42 Å².